The number of amides is 1. The van der Waals surface area contributed by atoms with Crippen molar-refractivity contribution in [1.29, 1.82) is 0 Å². The van der Waals surface area contributed by atoms with Crippen molar-refractivity contribution in [2.24, 2.45) is 11.1 Å². The monoisotopic (exact) mass is 311 g/mol. The second kappa shape index (κ2) is 4.97. The fourth-order valence-electron chi connectivity index (χ4n) is 2.26. The van der Waals surface area contributed by atoms with E-state index in [1.807, 2.05) is 4.90 Å². The number of halogens is 1. The average molecular weight is 312 g/mol. The van der Waals surface area contributed by atoms with Crippen molar-refractivity contribution in [2.45, 2.75) is 26.3 Å². The highest BCUT2D eigenvalue weighted by molar-refractivity contribution is 9.10. The number of rotatable bonds is 1. The van der Waals surface area contributed by atoms with Crippen molar-refractivity contribution in [2.75, 3.05) is 13.1 Å². The lowest BCUT2D eigenvalue weighted by atomic mass is 9.79. The quantitative estimate of drug-likeness (QED) is 0.863. The molecule has 0 aliphatic carbocycles. The van der Waals surface area contributed by atoms with Gasteiger partial charge in [-0.3, -0.25) is 9.78 Å². The van der Waals surface area contributed by atoms with Crippen molar-refractivity contribution in [3.05, 3.63) is 28.5 Å². The third kappa shape index (κ3) is 2.72. The molecule has 0 aromatic carbocycles. The second-order valence-corrected chi connectivity index (χ2v) is 6.42. The largest absolute Gasteiger partial charge is 0.338 e. The fourth-order valence-corrected chi connectivity index (χ4v) is 2.62. The lowest BCUT2D eigenvalue weighted by Crippen LogP contribution is -2.54. The predicted molar refractivity (Wildman–Crippen MR) is 74.2 cm³/mol. The molecule has 1 saturated heterocycles. The first kappa shape index (κ1) is 13.5. The zero-order chi connectivity index (χ0) is 13.3. The molecule has 1 amide bonds. The Balaban J connectivity index is 2.15. The maximum absolute atomic E-state index is 12.4. The fraction of sp³-hybridized carbons (Fsp3) is 0.538. The van der Waals surface area contributed by atoms with Crippen molar-refractivity contribution in [3.63, 3.8) is 0 Å². The van der Waals surface area contributed by atoms with Crippen LogP contribution in [0.15, 0.2) is 22.9 Å². The van der Waals surface area contributed by atoms with Gasteiger partial charge >= 0.3 is 0 Å². The van der Waals surface area contributed by atoms with Gasteiger partial charge in [-0.25, -0.2) is 0 Å². The normalized spacial score (nSPS) is 22.9. The standard InChI is InChI=1S/C13H18BrN3O/c1-13(2)8-17(4-3-11(13)15)12(18)9-5-10(14)7-16-6-9/h5-7,11H,3-4,8,15H2,1-2H3. The molecule has 0 spiro atoms. The van der Waals surface area contributed by atoms with Crippen LogP contribution in [0.1, 0.15) is 30.6 Å². The smallest absolute Gasteiger partial charge is 0.255 e. The number of pyridine rings is 1. The van der Waals surface area contributed by atoms with Gasteiger partial charge in [0.05, 0.1) is 5.56 Å². The zero-order valence-electron chi connectivity index (χ0n) is 10.7. The summed E-state index contributed by atoms with van der Waals surface area (Å²) in [5.74, 6) is 0.0313. The minimum absolute atomic E-state index is 0.0313. The summed E-state index contributed by atoms with van der Waals surface area (Å²) in [5.41, 5.74) is 6.67. The van der Waals surface area contributed by atoms with Crippen molar-refractivity contribution < 1.29 is 4.79 Å². The summed E-state index contributed by atoms with van der Waals surface area (Å²) in [6.07, 6.45) is 4.13. The minimum Gasteiger partial charge on any atom is -0.338 e. The van der Waals surface area contributed by atoms with Crippen LogP contribution < -0.4 is 5.73 Å². The molecule has 1 aromatic heterocycles. The van der Waals surface area contributed by atoms with Crippen LogP contribution in [0.3, 0.4) is 0 Å². The summed E-state index contributed by atoms with van der Waals surface area (Å²) in [7, 11) is 0. The molecule has 1 aromatic rings. The molecule has 4 nitrogen and oxygen atoms in total. The predicted octanol–water partition coefficient (Wildman–Crippen LogP) is 2.04. The van der Waals surface area contributed by atoms with E-state index >= 15 is 0 Å². The third-order valence-electron chi connectivity index (χ3n) is 3.55. The van der Waals surface area contributed by atoms with E-state index in [-0.39, 0.29) is 17.4 Å². The van der Waals surface area contributed by atoms with Gasteiger partial charge in [-0.2, -0.15) is 0 Å². The minimum atomic E-state index is -0.0344. The molecule has 18 heavy (non-hydrogen) atoms. The third-order valence-corrected chi connectivity index (χ3v) is 3.98. The Morgan fingerprint density at radius 1 is 1.56 bits per heavy atom. The molecular formula is C13H18BrN3O. The van der Waals surface area contributed by atoms with Crippen molar-refractivity contribution in [3.8, 4) is 0 Å². The van der Waals surface area contributed by atoms with Gasteiger partial charge in [0.1, 0.15) is 0 Å². The first-order valence-electron chi connectivity index (χ1n) is 6.05. The maximum atomic E-state index is 12.4. The van der Waals surface area contributed by atoms with E-state index in [1.165, 1.54) is 0 Å². The average Bonchev–Trinajstić information content (AvgIpc) is 2.31. The number of piperidine rings is 1. The highest BCUT2D eigenvalue weighted by Crippen LogP contribution is 2.28. The van der Waals surface area contributed by atoms with Crippen LogP contribution in [0.4, 0.5) is 0 Å². The summed E-state index contributed by atoms with van der Waals surface area (Å²) >= 11 is 3.33. The molecular weight excluding hydrogens is 294 g/mol. The van der Waals surface area contributed by atoms with E-state index in [4.69, 9.17) is 5.73 Å². The molecule has 0 bridgehead atoms. The van der Waals surface area contributed by atoms with E-state index in [1.54, 1.807) is 18.5 Å². The van der Waals surface area contributed by atoms with Gasteiger partial charge in [-0.05, 0) is 33.8 Å². The Kier molecular flexibility index (Phi) is 3.73. The number of hydrogen-bond acceptors (Lipinski definition) is 3. The van der Waals surface area contributed by atoms with Gasteiger partial charge < -0.3 is 10.6 Å². The van der Waals surface area contributed by atoms with E-state index in [9.17, 15) is 4.79 Å². The molecule has 1 atom stereocenters. The molecule has 1 aliphatic heterocycles. The van der Waals surface area contributed by atoms with Crippen molar-refractivity contribution >= 4 is 21.8 Å². The summed E-state index contributed by atoms with van der Waals surface area (Å²) in [6.45, 7) is 5.63. The number of nitrogens with zero attached hydrogens (tertiary/aromatic N) is 2. The van der Waals surface area contributed by atoms with Crippen LogP contribution in [0, 0.1) is 5.41 Å². The number of nitrogens with two attached hydrogens (primary N) is 1. The number of carbonyl (C=O) groups is 1. The first-order chi connectivity index (χ1) is 8.40. The molecule has 2 rings (SSSR count). The van der Waals surface area contributed by atoms with Crippen molar-refractivity contribution in [1.82, 2.24) is 9.88 Å². The molecule has 0 radical (unpaired) electrons. The van der Waals surface area contributed by atoms with Crippen LogP contribution in [0.2, 0.25) is 0 Å². The van der Waals surface area contributed by atoms with Crippen LogP contribution >= 0.6 is 15.9 Å². The molecule has 1 unspecified atom stereocenters. The molecule has 2 heterocycles. The number of carbonyl (C=O) groups excluding carboxylic acids is 1. The molecule has 5 heteroatoms. The number of likely N-dealkylation sites (tertiary alicyclic amines) is 1. The van der Waals surface area contributed by atoms with E-state index in [0.717, 1.165) is 17.4 Å². The van der Waals surface area contributed by atoms with Gasteiger partial charge in [-0.15, -0.1) is 0 Å². The molecule has 0 saturated carbocycles. The number of aromatic nitrogens is 1. The SMILES string of the molecule is CC1(C)CN(C(=O)c2cncc(Br)c2)CCC1N. The zero-order valence-corrected chi connectivity index (χ0v) is 12.3. The second-order valence-electron chi connectivity index (χ2n) is 5.50. The summed E-state index contributed by atoms with van der Waals surface area (Å²) in [4.78, 5) is 18.3. The van der Waals surface area contributed by atoms with Gasteiger partial charge in [0, 0.05) is 36.0 Å². The Hall–Kier alpha value is -0.940. The van der Waals surface area contributed by atoms with E-state index in [2.05, 4.69) is 34.8 Å². The Labute approximate surface area is 116 Å². The van der Waals surface area contributed by atoms with Gasteiger partial charge in [0.2, 0.25) is 0 Å². The highest BCUT2D eigenvalue weighted by atomic mass is 79.9. The molecule has 2 N–H and O–H groups in total. The van der Waals surface area contributed by atoms with Gasteiger partial charge in [0.15, 0.2) is 0 Å². The van der Waals surface area contributed by atoms with E-state index < -0.39 is 0 Å². The highest BCUT2D eigenvalue weighted by Gasteiger charge is 2.35. The van der Waals surface area contributed by atoms with Gasteiger partial charge in [0.25, 0.3) is 5.91 Å². The molecule has 98 valence electrons. The van der Waals surface area contributed by atoms with Gasteiger partial charge in [-0.1, -0.05) is 13.8 Å². The lowest BCUT2D eigenvalue weighted by molar-refractivity contribution is 0.0532. The Morgan fingerprint density at radius 3 is 2.89 bits per heavy atom. The molecule has 1 aliphatic rings. The summed E-state index contributed by atoms with van der Waals surface area (Å²) in [5, 5.41) is 0. The number of hydrogen-bond donors (Lipinski definition) is 1. The summed E-state index contributed by atoms with van der Waals surface area (Å²) in [6, 6.07) is 1.96. The summed E-state index contributed by atoms with van der Waals surface area (Å²) < 4.78 is 0.821. The van der Waals surface area contributed by atoms with Crippen LogP contribution in [0.5, 0.6) is 0 Å². The Morgan fingerprint density at radius 2 is 2.28 bits per heavy atom. The lowest BCUT2D eigenvalue weighted by Gasteiger charge is -2.42. The van der Waals surface area contributed by atoms with Crippen LogP contribution in [-0.4, -0.2) is 34.9 Å². The van der Waals surface area contributed by atoms with E-state index in [0.29, 0.717) is 12.1 Å². The Bertz CT molecular complexity index is 461. The van der Waals surface area contributed by atoms with Crippen LogP contribution in [-0.2, 0) is 0 Å². The molecule has 1 fully saturated rings. The first-order valence-corrected chi connectivity index (χ1v) is 6.85. The maximum Gasteiger partial charge on any atom is 0.255 e. The topological polar surface area (TPSA) is 59.2 Å². The van der Waals surface area contributed by atoms with Crippen LogP contribution in [0.25, 0.3) is 0 Å².